The van der Waals surface area contributed by atoms with Crippen molar-refractivity contribution < 1.29 is 22.8 Å². The number of anilines is 1. The van der Waals surface area contributed by atoms with E-state index in [-0.39, 0.29) is 49.9 Å². The highest BCUT2D eigenvalue weighted by Gasteiger charge is 2.40. The van der Waals surface area contributed by atoms with E-state index >= 15 is 0 Å². The largest absolute Gasteiger partial charge is 0.307 e. The number of fused-ring (bicyclic) bond motifs is 2. The summed E-state index contributed by atoms with van der Waals surface area (Å²) < 4.78 is 26.4. The SMILES string of the molecule is O=C1c2ccccc2S(=O)(=O)c2cc(C(=O)N3CC4CCC(=O)c5cccc3c54)ccc21. The molecule has 32 heavy (non-hydrogen) atoms. The fraction of sp³-hybridized carbons (Fsp3) is 0.160. The van der Waals surface area contributed by atoms with Crippen molar-refractivity contribution in [3.63, 3.8) is 0 Å². The second-order valence-corrected chi connectivity index (χ2v) is 10.2. The van der Waals surface area contributed by atoms with Crippen LogP contribution in [0.15, 0.2) is 70.5 Å². The van der Waals surface area contributed by atoms with Crippen LogP contribution in [0, 0.1) is 0 Å². The van der Waals surface area contributed by atoms with Gasteiger partial charge in [-0.25, -0.2) is 8.42 Å². The van der Waals surface area contributed by atoms with Gasteiger partial charge in [-0.15, -0.1) is 0 Å². The molecule has 6 nitrogen and oxygen atoms in total. The molecule has 7 heteroatoms. The molecule has 0 saturated carbocycles. The summed E-state index contributed by atoms with van der Waals surface area (Å²) in [5.41, 5.74) is 2.70. The standard InChI is InChI=1S/C25H17NO5S/c27-20-11-9-15-13-26(19-6-3-5-16(20)23(15)19)25(29)14-8-10-18-22(12-14)32(30,31)21-7-2-1-4-17(21)24(18)28/h1-8,10,12,15H,9,11,13H2. The van der Waals surface area contributed by atoms with Gasteiger partial charge in [0.2, 0.25) is 9.84 Å². The first-order chi connectivity index (χ1) is 15.4. The van der Waals surface area contributed by atoms with E-state index in [1.807, 2.05) is 6.07 Å². The van der Waals surface area contributed by atoms with Crippen LogP contribution in [-0.4, -0.2) is 32.4 Å². The predicted molar refractivity (Wildman–Crippen MR) is 116 cm³/mol. The van der Waals surface area contributed by atoms with Crippen molar-refractivity contribution >= 4 is 33.0 Å². The monoisotopic (exact) mass is 443 g/mol. The lowest BCUT2D eigenvalue weighted by Crippen LogP contribution is -2.30. The lowest BCUT2D eigenvalue weighted by Gasteiger charge is -2.21. The van der Waals surface area contributed by atoms with Gasteiger partial charge in [-0.1, -0.05) is 24.3 Å². The van der Waals surface area contributed by atoms with Gasteiger partial charge in [0.05, 0.1) is 9.79 Å². The zero-order valence-corrected chi connectivity index (χ0v) is 17.7. The van der Waals surface area contributed by atoms with Crippen LogP contribution in [0.4, 0.5) is 5.69 Å². The Morgan fingerprint density at radius 3 is 2.47 bits per heavy atom. The third-order valence-corrected chi connectivity index (χ3v) is 8.49. The van der Waals surface area contributed by atoms with E-state index in [9.17, 15) is 22.8 Å². The van der Waals surface area contributed by atoms with Gasteiger partial charge in [0.25, 0.3) is 5.91 Å². The zero-order chi connectivity index (χ0) is 22.2. The summed E-state index contributed by atoms with van der Waals surface area (Å²) in [4.78, 5) is 40.1. The molecule has 1 unspecified atom stereocenters. The summed E-state index contributed by atoms with van der Waals surface area (Å²) >= 11 is 0. The minimum Gasteiger partial charge on any atom is -0.307 e. The first-order valence-corrected chi connectivity index (χ1v) is 11.9. The first kappa shape index (κ1) is 19.1. The van der Waals surface area contributed by atoms with Crippen molar-refractivity contribution in [1.82, 2.24) is 0 Å². The van der Waals surface area contributed by atoms with Gasteiger partial charge in [0.1, 0.15) is 0 Å². The molecule has 0 saturated heterocycles. The van der Waals surface area contributed by atoms with Crippen molar-refractivity contribution in [2.24, 2.45) is 0 Å². The Bertz CT molecular complexity index is 1490. The molecule has 1 aliphatic carbocycles. The van der Waals surface area contributed by atoms with E-state index in [2.05, 4.69) is 0 Å². The van der Waals surface area contributed by atoms with E-state index in [0.29, 0.717) is 30.6 Å². The normalized spacial score (nSPS) is 19.9. The van der Waals surface area contributed by atoms with E-state index in [1.54, 1.807) is 29.2 Å². The number of hydrogen-bond acceptors (Lipinski definition) is 5. The molecular formula is C25H17NO5S. The van der Waals surface area contributed by atoms with Gasteiger partial charge >= 0.3 is 0 Å². The number of nitrogens with zero attached hydrogens (tertiary/aromatic N) is 1. The molecule has 6 rings (SSSR count). The molecule has 3 aromatic carbocycles. The number of ketones is 2. The topological polar surface area (TPSA) is 88.6 Å². The third kappa shape index (κ3) is 2.45. The Morgan fingerprint density at radius 1 is 0.875 bits per heavy atom. The summed E-state index contributed by atoms with van der Waals surface area (Å²) in [6, 6.07) is 15.7. The second-order valence-electron chi connectivity index (χ2n) is 8.35. The fourth-order valence-electron chi connectivity index (χ4n) is 5.11. The molecule has 0 fully saturated rings. The average molecular weight is 443 g/mol. The summed E-state index contributed by atoms with van der Waals surface area (Å²) in [7, 11) is -3.93. The van der Waals surface area contributed by atoms with Crippen LogP contribution >= 0.6 is 0 Å². The van der Waals surface area contributed by atoms with Crippen molar-refractivity contribution in [1.29, 1.82) is 0 Å². The van der Waals surface area contributed by atoms with Gasteiger partial charge < -0.3 is 4.90 Å². The highest BCUT2D eigenvalue weighted by molar-refractivity contribution is 7.91. The molecule has 0 N–H and O–H groups in total. The van der Waals surface area contributed by atoms with Gasteiger partial charge in [-0.05, 0) is 48.4 Å². The van der Waals surface area contributed by atoms with E-state index in [1.165, 1.54) is 30.3 Å². The lowest BCUT2D eigenvalue weighted by molar-refractivity contribution is 0.0967. The number of rotatable bonds is 1. The molecule has 0 bridgehead atoms. The number of amides is 1. The number of sulfone groups is 1. The smallest absolute Gasteiger partial charge is 0.258 e. The highest BCUT2D eigenvalue weighted by atomic mass is 32.2. The molecule has 3 aromatic rings. The average Bonchev–Trinajstić information content (AvgIpc) is 3.19. The molecular weight excluding hydrogens is 426 g/mol. The molecule has 158 valence electrons. The third-order valence-electron chi connectivity index (χ3n) is 6.63. The lowest BCUT2D eigenvalue weighted by atomic mass is 9.83. The van der Waals surface area contributed by atoms with Crippen LogP contribution in [-0.2, 0) is 9.84 Å². The zero-order valence-electron chi connectivity index (χ0n) is 16.9. The molecule has 0 aromatic heterocycles. The van der Waals surface area contributed by atoms with Crippen molar-refractivity contribution in [3.8, 4) is 0 Å². The van der Waals surface area contributed by atoms with Crippen LogP contribution in [0.1, 0.15) is 61.0 Å². The Labute approximate surface area is 184 Å². The maximum atomic E-state index is 13.5. The molecule has 2 aliphatic heterocycles. The number of Topliss-reactive ketones (excluding diaryl/α,β-unsaturated/α-hetero) is 1. The summed E-state index contributed by atoms with van der Waals surface area (Å²) in [6.07, 6.45) is 1.15. The number of carbonyl (C=O) groups is 3. The van der Waals surface area contributed by atoms with Crippen molar-refractivity contribution in [2.45, 2.75) is 28.6 Å². The van der Waals surface area contributed by atoms with Crippen molar-refractivity contribution in [2.75, 3.05) is 11.4 Å². The Balaban J connectivity index is 1.45. The predicted octanol–water partition coefficient (Wildman–Crippen LogP) is 3.78. The molecule has 2 heterocycles. The van der Waals surface area contributed by atoms with Gasteiger partial charge in [-0.2, -0.15) is 0 Å². The van der Waals surface area contributed by atoms with Crippen LogP contribution in [0.2, 0.25) is 0 Å². The van der Waals surface area contributed by atoms with Crippen LogP contribution < -0.4 is 4.90 Å². The summed E-state index contributed by atoms with van der Waals surface area (Å²) in [6.45, 7) is 0.448. The van der Waals surface area contributed by atoms with Gasteiger partial charge in [0, 0.05) is 46.8 Å². The van der Waals surface area contributed by atoms with Crippen LogP contribution in [0.5, 0.6) is 0 Å². The number of carbonyl (C=O) groups excluding carboxylic acids is 3. The quantitative estimate of drug-likeness (QED) is 0.447. The minimum atomic E-state index is -3.93. The van der Waals surface area contributed by atoms with Gasteiger partial charge in [0.15, 0.2) is 11.6 Å². The molecule has 3 aliphatic rings. The highest BCUT2D eigenvalue weighted by Crippen LogP contribution is 2.45. The summed E-state index contributed by atoms with van der Waals surface area (Å²) in [5.74, 6) is -0.531. The van der Waals surface area contributed by atoms with E-state index in [0.717, 1.165) is 5.56 Å². The minimum absolute atomic E-state index is 0.0391. The Hall–Kier alpha value is -3.58. The fourth-order valence-corrected chi connectivity index (χ4v) is 6.79. The van der Waals surface area contributed by atoms with Crippen LogP contribution in [0.3, 0.4) is 0 Å². The maximum Gasteiger partial charge on any atom is 0.258 e. The first-order valence-electron chi connectivity index (χ1n) is 10.4. The van der Waals surface area contributed by atoms with Crippen LogP contribution in [0.25, 0.3) is 0 Å². The second kappa shape index (κ2) is 6.46. The number of hydrogen-bond donors (Lipinski definition) is 0. The van der Waals surface area contributed by atoms with E-state index in [4.69, 9.17) is 0 Å². The number of benzene rings is 3. The molecule has 1 atom stereocenters. The Kier molecular flexibility index (Phi) is 3.86. The molecule has 1 amide bonds. The maximum absolute atomic E-state index is 13.5. The van der Waals surface area contributed by atoms with Crippen molar-refractivity contribution in [3.05, 3.63) is 88.5 Å². The molecule has 0 radical (unpaired) electrons. The van der Waals surface area contributed by atoms with E-state index < -0.39 is 9.84 Å². The summed E-state index contributed by atoms with van der Waals surface area (Å²) in [5, 5.41) is 0. The molecule has 0 spiro atoms. The van der Waals surface area contributed by atoms with Gasteiger partial charge in [-0.3, -0.25) is 14.4 Å². The Morgan fingerprint density at radius 2 is 1.62 bits per heavy atom.